The number of amides is 2. The van der Waals surface area contributed by atoms with E-state index in [1.807, 2.05) is 15.6 Å². The van der Waals surface area contributed by atoms with Gasteiger partial charge in [-0.05, 0) is 44.0 Å². The molecule has 0 bridgehead atoms. The molecule has 1 aromatic carbocycles. The Kier molecular flexibility index (Phi) is 6.18. The zero-order valence-electron chi connectivity index (χ0n) is 17.6. The van der Waals surface area contributed by atoms with E-state index in [4.69, 9.17) is 5.10 Å². The summed E-state index contributed by atoms with van der Waals surface area (Å²) in [7, 11) is 0. The molecule has 1 aliphatic carbocycles. The second-order valence-corrected chi connectivity index (χ2v) is 8.12. The number of carbonyl (C=O) groups excluding carboxylic acids is 1. The lowest BCUT2D eigenvalue weighted by atomic mass is 10.0. The minimum Gasteiger partial charge on any atom is -0.335 e. The van der Waals surface area contributed by atoms with Crippen LogP contribution in [-0.2, 0) is 19.5 Å². The molecule has 4 rings (SSSR count). The van der Waals surface area contributed by atoms with Crippen molar-refractivity contribution >= 4 is 6.03 Å². The summed E-state index contributed by atoms with van der Waals surface area (Å²) in [5, 5.41) is 7.80. The largest absolute Gasteiger partial charge is 0.335 e. The molecule has 1 saturated carbocycles. The lowest BCUT2D eigenvalue weighted by Crippen LogP contribution is -2.41. The highest BCUT2D eigenvalue weighted by Gasteiger charge is 2.35. The van der Waals surface area contributed by atoms with Gasteiger partial charge in [-0.1, -0.05) is 19.1 Å². The summed E-state index contributed by atoms with van der Waals surface area (Å²) >= 11 is 0. The van der Waals surface area contributed by atoms with Crippen LogP contribution in [0.4, 0.5) is 9.18 Å². The van der Waals surface area contributed by atoms with Crippen LogP contribution in [0.5, 0.6) is 0 Å². The van der Waals surface area contributed by atoms with E-state index in [1.165, 1.54) is 17.7 Å². The third kappa shape index (κ3) is 4.41. The summed E-state index contributed by atoms with van der Waals surface area (Å²) in [6, 6.07) is 6.75. The Balaban J connectivity index is 1.67. The molecule has 7 heteroatoms. The topological polar surface area (TPSA) is 53.4 Å². The maximum Gasteiger partial charge on any atom is 0.318 e. The van der Waals surface area contributed by atoms with Crippen LogP contribution in [0.3, 0.4) is 0 Å². The Morgan fingerprint density at radius 2 is 2.27 bits per heavy atom. The summed E-state index contributed by atoms with van der Waals surface area (Å²) in [5.41, 5.74) is 3.96. The van der Waals surface area contributed by atoms with Crippen molar-refractivity contribution in [2.24, 2.45) is 0 Å². The number of urea groups is 1. The van der Waals surface area contributed by atoms with E-state index < -0.39 is 0 Å². The Bertz CT molecular complexity index is 920. The van der Waals surface area contributed by atoms with E-state index in [0.717, 1.165) is 62.4 Å². The monoisotopic (exact) mass is 411 g/mol. The Hall–Kier alpha value is -2.67. The molecule has 1 aliphatic heterocycles. The summed E-state index contributed by atoms with van der Waals surface area (Å²) in [6.07, 6.45) is 5.70. The van der Waals surface area contributed by atoms with Crippen molar-refractivity contribution in [3.8, 4) is 5.69 Å². The summed E-state index contributed by atoms with van der Waals surface area (Å²) in [5.74, 6) is -0.273. The third-order valence-corrected chi connectivity index (χ3v) is 5.78. The van der Waals surface area contributed by atoms with Gasteiger partial charge in [-0.25, -0.2) is 13.9 Å². The first-order valence-electron chi connectivity index (χ1n) is 10.8. The number of rotatable bonds is 8. The fourth-order valence-electron chi connectivity index (χ4n) is 4.17. The van der Waals surface area contributed by atoms with Crippen molar-refractivity contribution in [2.45, 2.75) is 51.7 Å². The molecule has 2 aliphatic rings. The molecular weight excluding hydrogens is 381 g/mol. The second kappa shape index (κ2) is 9.00. The number of hydrogen-bond donors (Lipinski definition) is 1. The average molecular weight is 412 g/mol. The quantitative estimate of drug-likeness (QED) is 0.675. The van der Waals surface area contributed by atoms with Gasteiger partial charge in [-0.2, -0.15) is 5.10 Å². The smallest absolute Gasteiger partial charge is 0.318 e. The molecule has 160 valence electrons. The van der Waals surface area contributed by atoms with E-state index in [0.29, 0.717) is 13.1 Å². The van der Waals surface area contributed by atoms with E-state index in [9.17, 15) is 9.18 Å². The number of carbonyl (C=O) groups is 1. The molecule has 0 saturated heterocycles. The summed E-state index contributed by atoms with van der Waals surface area (Å²) in [4.78, 5) is 17.0. The lowest BCUT2D eigenvalue weighted by molar-refractivity contribution is 0.191. The molecule has 30 heavy (non-hydrogen) atoms. The highest BCUT2D eigenvalue weighted by Crippen LogP contribution is 2.31. The first-order valence-corrected chi connectivity index (χ1v) is 10.8. The van der Waals surface area contributed by atoms with Crippen LogP contribution in [0.15, 0.2) is 36.9 Å². The van der Waals surface area contributed by atoms with Crippen molar-refractivity contribution < 1.29 is 9.18 Å². The van der Waals surface area contributed by atoms with Gasteiger partial charge in [0.2, 0.25) is 0 Å². The number of hydrogen-bond acceptors (Lipinski definition) is 3. The predicted molar refractivity (Wildman–Crippen MR) is 115 cm³/mol. The van der Waals surface area contributed by atoms with Gasteiger partial charge >= 0.3 is 6.03 Å². The van der Waals surface area contributed by atoms with E-state index >= 15 is 0 Å². The van der Waals surface area contributed by atoms with Crippen LogP contribution in [0.1, 0.15) is 43.1 Å². The van der Waals surface area contributed by atoms with Crippen molar-refractivity contribution in [3.05, 3.63) is 59.7 Å². The molecular formula is C23H30FN5O. The molecule has 1 aromatic heterocycles. The molecule has 0 unspecified atom stereocenters. The standard InChI is InChI=1S/C23H30FN5O/c1-3-11-25-23(30)28(18-8-9-18)16-21-20-15-27(12-4-2)13-10-22(20)29(26-21)19-7-5-6-17(24)14-19/h3,5-7,14,18H,1,4,8-13,15-16H2,2H3,(H,25,30). The van der Waals surface area contributed by atoms with Gasteiger partial charge in [0, 0.05) is 37.7 Å². The number of nitrogens with one attached hydrogen (secondary N) is 1. The lowest BCUT2D eigenvalue weighted by Gasteiger charge is -2.28. The van der Waals surface area contributed by atoms with Crippen LogP contribution >= 0.6 is 0 Å². The predicted octanol–water partition coefficient (Wildman–Crippen LogP) is 3.64. The highest BCUT2D eigenvalue weighted by molar-refractivity contribution is 5.75. The molecule has 1 N–H and O–H groups in total. The minimum absolute atomic E-state index is 0.0762. The van der Waals surface area contributed by atoms with Gasteiger partial charge in [0.1, 0.15) is 5.82 Å². The maximum absolute atomic E-state index is 13.9. The SMILES string of the molecule is C=CCNC(=O)N(Cc1nn(-c2cccc(F)c2)c2c1CN(CCC)CC2)C1CC1. The molecule has 2 heterocycles. The Morgan fingerprint density at radius 1 is 1.43 bits per heavy atom. The van der Waals surface area contributed by atoms with Crippen molar-refractivity contribution in [2.75, 3.05) is 19.6 Å². The maximum atomic E-state index is 13.9. The average Bonchev–Trinajstić information content (AvgIpc) is 3.52. The Morgan fingerprint density at radius 3 is 2.97 bits per heavy atom. The fourth-order valence-corrected chi connectivity index (χ4v) is 4.17. The van der Waals surface area contributed by atoms with Gasteiger partial charge in [0.25, 0.3) is 0 Å². The molecule has 2 amide bonds. The molecule has 0 atom stereocenters. The van der Waals surface area contributed by atoms with Crippen molar-refractivity contribution in [1.82, 2.24) is 24.9 Å². The van der Waals surface area contributed by atoms with Crippen molar-refractivity contribution in [3.63, 3.8) is 0 Å². The normalized spacial score (nSPS) is 16.2. The highest BCUT2D eigenvalue weighted by atomic mass is 19.1. The van der Waals surface area contributed by atoms with Crippen LogP contribution < -0.4 is 5.32 Å². The zero-order valence-corrected chi connectivity index (χ0v) is 17.6. The van der Waals surface area contributed by atoms with Gasteiger partial charge < -0.3 is 10.2 Å². The first kappa shape index (κ1) is 20.6. The fraction of sp³-hybridized carbons (Fsp3) is 0.478. The van der Waals surface area contributed by atoms with Crippen LogP contribution in [-0.4, -0.2) is 51.3 Å². The summed E-state index contributed by atoms with van der Waals surface area (Å²) < 4.78 is 15.8. The van der Waals surface area contributed by atoms with E-state index in [1.54, 1.807) is 12.1 Å². The number of halogens is 1. The molecule has 2 aromatic rings. The van der Waals surface area contributed by atoms with Crippen molar-refractivity contribution in [1.29, 1.82) is 0 Å². The molecule has 0 spiro atoms. The first-order chi connectivity index (χ1) is 14.6. The van der Waals surface area contributed by atoms with Gasteiger partial charge in [0.15, 0.2) is 0 Å². The molecule has 6 nitrogen and oxygen atoms in total. The number of nitrogens with zero attached hydrogens (tertiary/aromatic N) is 4. The van der Waals surface area contributed by atoms with Crippen LogP contribution in [0.2, 0.25) is 0 Å². The number of fused-ring (bicyclic) bond motifs is 1. The van der Waals surface area contributed by atoms with E-state index in [2.05, 4.69) is 23.7 Å². The van der Waals surface area contributed by atoms with Crippen LogP contribution in [0, 0.1) is 5.82 Å². The zero-order chi connectivity index (χ0) is 21.1. The summed E-state index contributed by atoms with van der Waals surface area (Å²) in [6.45, 7) is 9.61. The third-order valence-electron chi connectivity index (χ3n) is 5.78. The number of aromatic nitrogens is 2. The Labute approximate surface area is 177 Å². The number of benzene rings is 1. The van der Waals surface area contributed by atoms with E-state index in [-0.39, 0.29) is 17.9 Å². The minimum atomic E-state index is -0.273. The van der Waals surface area contributed by atoms with Gasteiger partial charge in [0.05, 0.1) is 23.6 Å². The van der Waals surface area contributed by atoms with Crippen LogP contribution in [0.25, 0.3) is 5.69 Å². The molecule has 1 fully saturated rings. The van der Waals surface area contributed by atoms with Gasteiger partial charge in [-0.3, -0.25) is 4.90 Å². The van der Waals surface area contributed by atoms with Gasteiger partial charge in [-0.15, -0.1) is 6.58 Å². The second-order valence-electron chi connectivity index (χ2n) is 8.12. The molecule has 0 radical (unpaired) electrons.